The number of ether oxygens (including phenoxy) is 1. The molecule has 18 heavy (non-hydrogen) atoms. The predicted molar refractivity (Wildman–Crippen MR) is 76.0 cm³/mol. The minimum absolute atomic E-state index is 0.846. The molecule has 0 atom stereocenters. The molecule has 96 valence electrons. The Labute approximate surface area is 115 Å². The number of halogens is 1. The number of aromatic nitrogens is 2. The molecule has 0 spiro atoms. The molecule has 5 heteroatoms. The molecule has 1 N–H and O–H groups in total. The van der Waals surface area contributed by atoms with Gasteiger partial charge in [0.2, 0.25) is 0 Å². The first-order valence-electron chi connectivity index (χ1n) is 5.83. The standard InChI is InChI=1S/C13H16BrN3O/c1-18-13-4-3-11(9-12(13)14)16-5-2-7-17-8-6-15-10-17/h3-4,6,8-10,16H,2,5,7H2,1H3. The summed E-state index contributed by atoms with van der Waals surface area (Å²) in [7, 11) is 1.66. The van der Waals surface area contributed by atoms with E-state index in [9.17, 15) is 0 Å². The van der Waals surface area contributed by atoms with Crippen molar-refractivity contribution >= 4 is 21.6 Å². The Bertz CT molecular complexity index is 485. The fourth-order valence-electron chi connectivity index (χ4n) is 1.69. The van der Waals surface area contributed by atoms with Gasteiger partial charge in [-0.05, 0) is 40.5 Å². The van der Waals surface area contributed by atoms with Crippen molar-refractivity contribution in [3.8, 4) is 5.75 Å². The second-order valence-electron chi connectivity index (χ2n) is 3.93. The van der Waals surface area contributed by atoms with Crippen LogP contribution in [0.3, 0.4) is 0 Å². The number of methoxy groups -OCH3 is 1. The average molecular weight is 310 g/mol. The smallest absolute Gasteiger partial charge is 0.133 e. The van der Waals surface area contributed by atoms with E-state index >= 15 is 0 Å². The van der Waals surface area contributed by atoms with E-state index in [1.54, 1.807) is 13.3 Å². The maximum Gasteiger partial charge on any atom is 0.133 e. The molecule has 1 heterocycles. The van der Waals surface area contributed by atoms with Crippen molar-refractivity contribution in [3.63, 3.8) is 0 Å². The maximum atomic E-state index is 5.19. The average Bonchev–Trinajstić information content (AvgIpc) is 2.88. The first kappa shape index (κ1) is 13.0. The van der Waals surface area contributed by atoms with E-state index in [1.807, 2.05) is 30.7 Å². The summed E-state index contributed by atoms with van der Waals surface area (Å²) >= 11 is 3.47. The summed E-state index contributed by atoms with van der Waals surface area (Å²) < 4.78 is 8.23. The highest BCUT2D eigenvalue weighted by Gasteiger charge is 2.00. The van der Waals surface area contributed by atoms with Gasteiger partial charge in [0.1, 0.15) is 5.75 Å². The number of nitrogens with one attached hydrogen (secondary N) is 1. The van der Waals surface area contributed by atoms with E-state index in [2.05, 4.69) is 30.8 Å². The van der Waals surface area contributed by atoms with Gasteiger partial charge in [-0.25, -0.2) is 4.98 Å². The minimum atomic E-state index is 0.846. The third kappa shape index (κ3) is 3.50. The molecule has 4 nitrogen and oxygen atoms in total. The molecule has 0 saturated heterocycles. The van der Waals surface area contributed by atoms with Crippen molar-refractivity contribution in [2.24, 2.45) is 0 Å². The van der Waals surface area contributed by atoms with Gasteiger partial charge in [0.25, 0.3) is 0 Å². The van der Waals surface area contributed by atoms with E-state index in [0.717, 1.165) is 35.4 Å². The van der Waals surface area contributed by atoms with Crippen molar-refractivity contribution < 1.29 is 4.74 Å². The molecule has 0 saturated carbocycles. The lowest BCUT2D eigenvalue weighted by Gasteiger charge is -2.09. The number of rotatable bonds is 6. The Kier molecular flexibility index (Phi) is 4.64. The second kappa shape index (κ2) is 6.44. The Morgan fingerprint density at radius 2 is 2.33 bits per heavy atom. The number of hydrogen-bond donors (Lipinski definition) is 1. The van der Waals surface area contributed by atoms with Crippen LogP contribution in [0, 0.1) is 0 Å². The van der Waals surface area contributed by atoms with Gasteiger partial charge in [-0.3, -0.25) is 0 Å². The van der Waals surface area contributed by atoms with Crippen molar-refractivity contribution in [1.29, 1.82) is 0 Å². The van der Waals surface area contributed by atoms with Gasteiger partial charge in [-0.15, -0.1) is 0 Å². The highest BCUT2D eigenvalue weighted by Crippen LogP contribution is 2.27. The van der Waals surface area contributed by atoms with Crippen molar-refractivity contribution in [3.05, 3.63) is 41.4 Å². The third-order valence-corrected chi connectivity index (χ3v) is 3.25. The summed E-state index contributed by atoms with van der Waals surface area (Å²) in [6.07, 6.45) is 6.67. The van der Waals surface area contributed by atoms with Gasteiger partial charge in [-0.2, -0.15) is 0 Å². The first-order valence-corrected chi connectivity index (χ1v) is 6.62. The van der Waals surface area contributed by atoms with Crippen LogP contribution in [0.15, 0.2) is 41.4 Å². The first-order chi connectivity index (χ1) is 8.79. The Morgan fingerprint density at radius 1 is 1.44 bits per heavy atom. The normalized spacial score (nSPS) is 10.3. The van der Waals surface area contributed by atoms with Crippen LogP contribution in [0.5, 0.6) is 5.75 Å². The van der Waals surface area contributed by atoms with Gasteiger partial charge in [0, 0.05) is 31.2 Å². The van der Waals surface area contributed by atoms with Gasteiger partial charge in [0.15, 0.2) is 0 Å². The second-order valence-corrected chi connectivity index (χ2v) is 4.78. The highest BCUT2D eigenvalue weighted by molar-refractivity contribution is 9.10. The van der Waals surface area contributed by atoms with E-state index in [0.29, 0.717) is 0 Å². The monoisotopic (exact) mass is 309 g/mol. The fourth-order valence-corrected chi connectivity index (χ4v) is 2.23. The number of benzene rings is 1. The van der Waals surface area contributed by atoms with Crippen LogP contribution in [0.4, 0.5) is 5.69 Å². The van der Waals surface area contributed by atoms with Crippen LogP contribution in [-0.2, 0) is 6.54 Å². The minimum Gasteiger partial charge on any atom is -0.496 e. The van der Waals surface area contributed by atoms with Gasteiger partial charge < -0.3 is 14.6 Å². The molecule has 0 aliphatic rings. The summed E-state index contributed by atoms with van der Waals surface area (Å²) in [6, 6.07) is 5.99. The van der Waals surface area contributed by atoms with E-state index in [-0.39, 0.29) is 0 Å². The van der Waals surface area contributed by atoms with Crippen LogP contribution in [-0.4, -0.2) is 23.2 Å². The lowest BCUT2D eigenvalue weighted by molar-refractivity contribution is 0.412. The number of aryl methyl sites for hydroxylation is 1. The van der Waals surface area contributed by atoms with Crippen LogP contribution >= 0.6 is 15.9 Å². The van der Waals surface area contributed by atoms with Crippen LogP contribution < -0.4 is 10.1 Å². The van der Waals surface area contributed by atoms with Crippen LogP contribution in [0.1, 0.15) is 6.42 Å². The number of imidazole rings is 1. The summed E-state index contributed by atoms with van der Waals surface area (Å²) in [5.74, 6) is 0.846. The summed E-state index contributed by atoms with van der Waals surface area (Å²) in [6.45, 7) is 1.90. The highest BCUT2D eigenvalue weighted by atomic mass is 79.9. The summed E-state index contributed by atoms with van der Waals surface area (Å²) in [5, 5.41) is 3.38. The van der Waals surface area contributed by atoms with Crippen LogP contribution in [0.2, 0.25) is 0 Å². The van der Waals surface area contributed by atoms with Crippen molar-refractivity contribution in [2.45, 2.75) is 13.0 Å². The van der Waals surface area contributed by atoms with E-state index < -0.39 is 0 Å². The number of nitrogens with zero attached hydrogens (tertiary/aromatic N) is 2. The lowest BCUT2D eigenvalue weighted by atomic mass is 10.3. The van der Waals surface area contributed by atoms with E-state index in [1.165, 1.54) is 0 Å². The molecule has 2 rings (SSSR count). The zero-order chi connectivity index (χ0) is 12.8. The Hall–Kier alpha value is -1.49. The molecular formula is C13H16BrN3O. The van der Waals surface area contributed by atoms with Gasteiger partial charge >= 0.3 is 0 Å². The number of hydrogen-bond acceptors (Lipinski definition) is 3. The largest absolute Gasteiger partial charge is 0.496 e. The molecule has 0 amide bonds. The quantitative estimate of drug-likeness (QED) is 0.833. The third-order valence-electron chi connectivity index (χ3n) is 2.63. The maximum absolute atomic E-state index is 5.19. The zero-order valence-electron chi connectivity index (χ0n) is 10.3. The molecule has 0 aliphatic heterocycles. The summed E-state index contributed by atoms with van der Waals surface area (Å²) in [5.41, 5.74) is 1.09. The van der Waals surface area contributed by atoms with Crippen molar-refractivity contribution in [1.82, 2.24) is 9.55 Å². The topological polar surface area (TPSA) is 39.1 Å². The predicted octanol–water partition coefficient (Wildman–Crippen LogP) is 3.16. The van der Waals surface area contributed by atoms with E-state index in [4.69, 9.17) is 4.74 Å². The van der Waals surface area contributed by atoms with Crippen LogP contribution in [0.25, 0.3) is 0 Å². The van der Waals surface area contributed by atoms with Crippen molar-refractivity contribution in [2.75, 3.05) is 19.0 Å². The Balaban J connectivity index is 1.78. The Morgan fingerprint density at radius 3 is 3.00 bits per heavy atom. The molecule has 1 aromatic heterocycles. The number of anilines is 1. The zero-order valence-corrected chi connectivity index (χ0v) is 11.9. The summed E-state index contributed by atoms with van der Waals surface area (Å²) in [4.78, 5) is 4.01. The molecule has 0 unspecified atom stereocenters. The molecule has 2 aromatic rings. The van der Waals surface area contributed by atoms with Gasteiger partial charge in [0.05, 0.1) is 17.9 Å². The molecule has 0 aliphatic carbocycles. The fraction of sp³-hybridized carbons (Fsp3) is 0.308. The lowest BCUT2D eigenvalue weighted by Crippen LogP contribution is -2.05. The molecular weight excluding hydrogens is 294 g/mol. The van der Waals surface area contributed by atoms with Gasteiger partial charge in [-0.1, -0.05) is 0 Å². The molecule has 1 aromatic carbocycles. The molecule has 0 radical (unpaired) electrons. The SMILES string of the molecule is COc1ccc(NCCCn2ccnc2)cc1Br. The molecule has 0 bridgehead atoms. The molecule has 0 fully saturated rings.